The Bertz CT molecular complexity index is 1060. The Labute approximate surface area is 173 Å². The molecule has 0 fully saturated rings. The number of anilines is 1. The Kier molecular flexibility index (Phi) is 5.13. The lowest BCUT2D eigenvalue weighted by molar-refractivity contribution is -0.145. The van der Waals surface area contributed by atoms with E-state index in [1.165, 1.54) is 24.1 Å². The maximum Gasteiger partial charge on any atom is 0.260 e. The summed E-state index contributed by atoms with van der Waals surface area (Å²) in [5, 5.41) is 12.2. The number of hydrogen-bond acceptors (Lipinski definition) is 3. The molecule has 1 N–H and O–H groups in total. The van der Waals surface area contributed by atoms with E-state index in [0.717, 1.165) is 0 Å². The minimum atomic E-state index is -1.72. The fourth-order valence-electron chi connectivity index (χ4n) is 3.88. The molecule has 1 aliphatic heterocycles. The van der Waals surface area contributed by atoms with Crippen LogP contribution in [0.2, 0.25) is 5.02 Å². The van der Waals surface area contributed by atoms with Crippen molar-refractivity contribution >= 4 is 23.2 Å². The van der Waals surface area contributed by atoms with Crippen LogP contribution in [0.3, 0.4) is 0 Å². The number of aliphatic hydroxyl groups is 1. The third-order valence-corrected chi connectivity index (χ3v) is 5.44. The zero-order valence-electron chi connectivity index (χ0n) is 15.7. The smallest absolute Gasteiger partial charge is 0.260 e. The quantitative estimate of drug-likeness (QED) is 0.697. The molecule has 1 aliphatic rings. The van der Waals surface area contributed by atoms with E-state index in [9.17, 15) is 14.3 Å². The minimum Gasteiger partial charge on any atom is -0.377 e. The first-order chi connectivity index (χ1) is 13.9. The Hall–Kier alpha value is -2.73. The van der Waals surface area contributed by atoms with Gasteiger partial charge in [-0.15, -0.1) is 0 Å². The fraction of sp³-hybridized carbons (Fsp3) is 0.174. The van der Waals surface area contributed by atoms with Gasteiger partial charge in [-0.1, -0.05) is 54.1 Å². The fourth-order valence-corrected chi connectivity index (χ4v) is 4.05. The van der Waals surface area contributed by atoms with Crippen LogP contribution in [0.5, 0.6) is 0 Å². The van der Waals surface area contributed by atoms with Gasteiger partial charge in [-0.3, -0.25) is 4.79 Å². The topological polar surface area (TPSA) is 49.8 Å². The predicted octanol–water partition coefficient (Wildman–Crippen LogP) is 4.28. The van der Waals surface area contributed by atoms with Crippen molar-refractivity contribution in [1.82, 2.24) is 0 Å². The highest BCUT2D eigenvalue weighted by molar-refractivity contribution is 6.30. The van der Waals surface area contributed by atoms with E-state index in [-0.39, 0.29) is 12.4 Å². The summed E-state index contributed by atoms with van der Waals surface area (Å²) in [5.41, 5.74) is 0.391. The van der Waals surface area contributed by atoms with E-state index < -0.39 is 17.6 Å². The lowest BCUT2D eigenvalue weighted by Crippen LogP contribution is -2.57. The molecule has 0 bridgehead atoms. The molecular formula is C23H19ClFNO3. The van der Waals surface area contributed by atoms with Gasteiger partial charge < -0.3 is 14.7 Å². The van der Waals surface area contributed by atoms with Crippen molar-refractivity contribution in [2.45, 2.75) is 18.2 Å². The summed E-state index contributed by atoms with van der Waals surface area (Å²) in [6.07, 6.45) is -1.19. The van der Waals surface area contributed by atoms with Crippen LogP contribution in [-0.4, -0.2) is 24.2 Å². The van der Waals surface area contributed by atoms with Gasteiger partial charge in [-0.25, -0.2) is 4.39 Å². The van der Waals surface area contributed by atoms with Crippen molar-refractivity contribution in [3.63, 3.8) is 0 Å². The predicted molar refractivity (Wildman–Crippen MR) is 109 cm³/mol. The number of carbonyl (C=O) groups is 1. The number of benzene rings is 3. The van der Waals surface area contributed by atoms with Crippen molar-refractivity contribution in [3.8, 4) is 0 Å². The maximum absolute atomic E-state index is 13.7. The summed E-state index contributed by atoms with van der Waals surface area (Å²) in [7, 11) is 1.38. The molecule has 3 aromatic carbocycles. The van der Waals surface area contributed by atoms with Gasteiger partial charge in [0.15, 0.2) is 11.7 Å². The number of halogens is 2. The van der Waals surface area contributed by atoms with E-state index in [0.29, 0.717) is 27.4 Å². The van der Waals surface area contributed by atoms with E-state index in [1.807, 2.05) is 6.07 Å². The summed E-state index contributed by atoms with van der Waals surface area (Å²) < 4.78 is 19.2. The molecule has 0 radical (unpaired) electrons. The van der Waals surface area contributed by atoms with Crippen molar-refractivity contribution in [2.24, 2.45) is 0 Å². The van der Waals surface area contributed by atoms with Crippen molar-refractivity contribution in [3.05, 3.63) is 100 Å². The molecule has 6 heteroatoms. The largest absolute Gasteiger partial charge is 0.377 e. The first-order valence-corrected chi connectivity index (χ1v) is 9.49. The van der Waals surface area contributed by atoms with Crippen LogP contribution >= 0.6 is 11.6 Å². The van der Waals surface area contributed by atoms with Gasteiger partial charge in [0.1, 0.15) is 5.82 Å². The molecule has 3 aromatic rings. The second-order valence-electron chi connectivity index (χ2n) is 6.96. The number of amides is 1. The number of rotatable bonds is 4. The Balaban J connectivity index is 1.90. The first kappa shape index (κ1) is 19.6. The number of nitrogens with zero attached hydrogens (tertiary/aromatic N) is 1. The number of methoxy groups -OCH3 is 1. The van der Waals surface area contributed by atoms with E-state index >= 15 is 0 Å². The van der Waals surface area contributed by atoms with Crippen LogP contribution in [0.1, 0.15) is 16.7 Å². The van der Waals surface area contributed by atoms with Crippen LogP contribution in [-0.2, 0) is 21.7 Å². The van der Waals surface area contributed by atoms with Gasteiger partial charge in [0.05, 0.1) is 12.2 Å². The molecule has 29 heavy (non-hydrogen) atoms. The monoisotopic (exact) mass is 411 g/mol. The Morgan fingerprint density at radius 3 is 2.55 bits per heavy atom. The van der Waals surface area contributed by atoms with Crippen LogP contribution in [0, 0.1) is 5.82 Å². The lowest BCUT2D eigenvalue weighted by Gasteiger charge is -2.44. The molecule has 4 nitrogen and oxygen atoms in total. The number of carbonyl (C=O) groups excluding carboxylic acids is 1. The van der Waals surface area contributed by atoms with Crippen LogP contribution in [0.4, 0.5) is 10.1 Å². The lowest BCUT2D eigenvalue weighted by atomic mass is 9.77. The Morgan fingerprint density at radius 1 is 1.10 bits per heavy atom. The standard InChI is InChI=1S/C23H19ClFNO3/c1-29-21-22(27)26(14-15-6-5-9-18(25)12-15)20-11-10-17(24)13-19(20)23(21,28)16-7-3-2-4-8-16/h2-13,21,28H,14H2,1H3. The van der Waals surface area contributed by atoms with Crippen LogP contribution in [0.25, 0.3) is 0 Å². The summed E-state index contributed by atoms with van der Waals surface area (Å²) >= 11 is 6.24. The number of ether oxygens (including phenoxy) is 1. The zero-order valence-corrected chi connectivity index (χ0v) is 16.4. The molecule has 148 valence electrons. The zero-order chi connectivity index (χ0) is 20.6. The summed E-state index contributed by atoms with van der Waals surface area (Å²) in [5.74, 6) is -0.801. The highest BCUT2D eigenvalue weighted by atomic mass is 35.5. The van der Waals surface area contributed by atoms with Gasteiger partial charge in [-0.2, -0.15) is 0 Å². The summed E-state index contributed by atoms with van der Waals surface area (Å²) in [4.78, 5) is 14.9. The molecule has 1 heterocycles. The average Bonchev–Trinajstić information content (AvgIpc) is 2.72. The highest BCUT2D eigenvalue weighted by Gasteiger charge is 2.52. The second kappa shape index (κ2) is 7.59. The summed E-state index contributed by atoms with van der Waals surface area (Å²) in [6.45, 7) is 0.135. The van der Waals surface area contributed by atoms with Crippen molar-refractivity contribution < 1.29 is 19.0 Å². The van der Waals surface area contributed by atoms with Crippen molar-refractivity contribution in [2.75, 3.05) is 12.0 Å². The molecule has 0 saturated carbocycles. The van der Waals surface area contributed by atoms with E-state index in [4.69, 9.17) is 16.3 Å². The van der Waals surface area contributed by atoms with Crippen LogP contribution in [0.15, 0.2) is 72.8 Å². The third kappa shape index (κ3) is 3.31. The minimum absolute atomic E-state index is 0.135. The molecule has 1 amide bonds. The SMILES string of the molecule is COC1C(=O)N(Cc2cccc(F)c2)c2ccc(Cl)cc2C1(O)c1ccccc1. The molecule has 4 rings (SSSR count). The maximum atomic E-state index is 13.7. The molecule has 2 unspecified atom stereocenters. The molecule has 0 saturated heterocycles. The van der Waals surface area contributed by atoms with E-state index in [1.54, 1.807) is 54.6 Å². The normalized spacial score (nSPS) is 21.2. The van der Waals surface area contributed by atoms with Gasteiger partial charge in [-0.05, 0) is 41.5 Å². The van der Waals surface area contributed by atoms with Gasteiger partial charge in [0.25, 0.3) is 5.91 Å². The van der Waals surface area contributed by atoms with Gasteiger partial charge in [0, 0.05) is 17.7 Å². The third-order valence-electron chi connectivity index (χ3n) is 5.21. The average molecular weight is 412 g/mol. The Morgan fingerprint density at radius 2 is 1.86 bits per heavy atom. The number of hydrogen-bond donors (Lipinski definition) is 1. The molecular weight excluding hydrogens is 393 g/mol. The van der Waals surface area contributed by atoms with Gasteiger partial charge >= 0.3 is 0 Å². The van der Waals surface area contributed by atoms with Crippen LogP contribution < -0.4 is 4.90 Å². The first-order valence-electron chi connectivity index (χ1n) is 9.11. The molecule has 0 spiro atoms. The second-order valence-corrected chi connectivity index (χ2v) is 7.40. The van der Waals surface area contributed by atoms with Crippen molar-refractivity contribution in [1.29, 1.82) is 0 Å². The number of fused-ring (bicyclic) bond motifs is 1. The summed E-state index contributed by atoms with van der Waals surface area (Å²) in [6, 6.07) is 19.9. The molecule has 2 atom stereocenters. The molecule has 0 aromatic heterocycles. The van der Waals surface area contributed by atoms with E-state index in [2.05, 4.69) is 0 Å². The highest BCUT2D eigenvalue weighted by Crippen LogP contribution is 2.45. The molecule has 0 aliphatic carbocycles. The van der Waals surface area contributed by atoms with Gasteiger partial charge in [0.2, 0.25) is 0 Å².